The summed E-state index contributed by atoms with van der Waals surface area (Å²) in [5, 5.41) is 8.13. The van der Waals surface area contributed by atoms with Crippen molar-refractivity contribution in [2.45, 2.75) is 32.6 Å². The molecule has 0 unspecified atom stereocenters. The standard InChI is InChI=1S/C18H23FN4O2/c1-13(2)17-20-21-18(25-17)23-10-8-22(9-11-23)16(24)7-6-14-4-3-5-15(19)12-14/h3-5,12-13H,6-11H2,1-2H3. The van der Waals surface area contributed by atoms with Gasteiger partial charge in [-0.25, -0.2) is 4.39 Å². The minimum Gasteiger partial charge on any atom is -0.408 e. The molecule has 1 amide bonds. The van der Waals surface area contributed by atoms with E-state index < -0.39 is 0 Å². The van der Waals surface area contributed by atoms with Crippen molar-refractivity contribution in [2.75, 3.05) is 31.1 Å². The van der Waals surface area contributed by atoms with Crippen LogP contribution in [0.25, 0.3) is 0 Å². The average molecular weight is 346 g/mol. The van der Waals surface area contributed by atoms with E-state index in [-0.39, 0.29) is 17.6 Å². The molecule has 1 aromatic carbocycles. The van der Waals surface area contributed by atoms with Gasteiger partial charge in [-0.05, 0) is 24.1 Å². The van der Waals surface area contributed by atoms with Crippen molar-refractivity contribution in [3.8, 4) is 0 Å². The first-order valence-electron chi connectivity index (χ1n) is 8.63. The number of nitrogens with zero attached hydrogens (tertiary/aromatic N) is 4. The lowest BCUT2D eigenvalue weighted by Gasteiger charge is -2.33. The second kappa shape index (κ2) is 7.63. The van der Waals surface area contributed by atoms with Gasteiger partial charge in [0.05, 0.1) is 0 Å². The molecule has 1 saturated heterocycles. The summed E-state index contributed by atoms with van der Waals surface area (Å²) in [7, 11) is 0. The molecule has 0 spiro atoms. The molecule has 1 fully saturated rings. The number of benzene rings is 1. The molecule has 2 aromatic rings. The molecule has 0 N–H and O–H groups in total. The average Bonchev–Trinajstić information content (AvgIpc) is 3.10. The summed E-state index contributed by atoms with van der Waals surface area (Å²) in [6.45, 7) is 6.61. The fourth-order valence-electron chi connectivity index (χ4n) is 2.84. The Hall–Kier alpha value is -2.44. The zero-order valence-electron chi connectivity index (χ0n) is 14.6. The van der Waals surface area contributed by atoms with Crippen molar-refractivity contribution in [2.24, 2.45) is 0 Å². The highest BCUT2D eigenvalue weighted by atomic mass is 19.1. The fourth-order valence-corrected chi connectivity index (χ4v) is 2.84. The van der Waals surface area contributed by atoms with Crippen molar-refractivity contribution in [1.29, 1.82) is 0 Å². The van der Waals surface area contributed by atoms with Crippen LogP contribution in [0.5, 0.6) is 0 Å². The first-order valence-corrected chi connectivity index (χ1v) is 8.63. The lowest BCUT2D eigenvalue weighted by Crippen LogP contribution is -2.49. The van der Waals surface area contributed by atoms with E-state index >= 15 is 0 Å². The Bertz CT molecular complexity index is 723. The fraction of sp³-hybridized carbons (Fsp3) is 0.500. The van der Waals surface area contributed by atoms with E-state index in [2.05, 4.69) is 10.2 Å². The van der Waals surface area contributed by atoms with Crippen LogP contribution in [0.15, 0.2) is 28.7 Å². The van der Waals surface area contributed by atoms with E-state index in [1.165, 1.54) is 12.1 Å². The number of hydrogen-bond acceptors (Lipinski definition) is 5. The molecular weight excluding hydrogens is 323 g/mol. The molecule has 1 aromatic heterocycles. The molecule has 7 heteroatoms. The number of carbonyl (C=O) groups excluding carboxylic acids is 1. The van der Waals surface area contributed by atoms with Crippen LogP contribution in [0.1, 0.15) is 37.6 Å². The Labute approximate surface area is 146 Å². The molecule has 1 aliphatic rings. The van der Waals surface area contributed by atoms with Gasteiger partial charge in [0.1, 0.15) is 5.82 Å². The van der Waals surface area contributed by atoms with Crippen LogP contribution in [0.3, 0.4) is 0 Å². The first kappa shape index (κ1) is 17.4. The number of carbonyl (C=O) groups is 1. The third kappa shape index (κ3) is 4.35. The van der Waals surface area contributed by atoms with Crippen LogP contribution in [-0.2, 0) is 11.2 Å². The van der Waals surface area contributed by atoms with Gasteiger partial charge in [-0.3, -0.25) is 4.79 Å². The highest BCUT2D eigenvalue weighted by Crippen LogP contribution is 2.19. The first-order chi connectivity index (χ1) is 12.0. The van der Waals surface area contributed by atoms with Gasteiger partial charge >= 0.3 is 6.01 Å². The van der Waals surface area contributed by atoms with Crippen LogP contribution in [-0.4, -0.2) is 47.2 Å². The van der Waals surface area contributed by atoms with E-state index in [1.54, 1.807) is 6.07 Å². The topological polar surface area (TPSA) is 62.5 Å². The Balaban J connectivity index is 1.48. The molecule has 0 aliphatic carbocycles. The second-order valence-electron chi connectivity index (χ2n) is 6.58. The van der Waals surface area contributed by atoms with Crippen LogP contribution in [0.4, 0.5) is 10.4 Å². The predicted molar refractivity (Wildman–Crippen MR) is 91.9 cm³/mol. The van der Waals surface area contributed by atoms with E-state index in [4.69, 9.17) is 4.42 Å². The zero-order chi connectivity index (χ0) is 17.8. The van der Waals surface area contributed by atoms with Crippen molar-refractivity contribution < 1.29 is 13.6 Å². The predicted octanol–water partition coefficient (Wildman–Crippen LogP) is 2.61. The highest BCUT2D eigenvalue weighted by molar-refractivity contribution is 5.76. The Morgan fingerprint density at radius 1 is 1.24 bits per heavy atom. The second-order valence-corrected chi connectivity index (χ2v) is 6.58. The van der Waals surface area contributed by atoms with Crippen molar-refractivity contribution in [3.05, 3.63) is 41.5 Å². The maximum absolute atomic E-state index is 13.2. The summed E-state index contributed by atoms with van der Waals surface area (Å²) in [4.78, 5) is 16.2. The summed E-state index contributed by atoms with van der Waals surface area (Å²) < 4.78 is 18.8. The number of halogens is 1. The minimum atomic E-state index is -0.265. The molecule has 1 aliphatic heterocycles. The van der Waals surface area contributed by atoms with Gasteiger partial charge < -0.3 is 14.2 Å². The maximum atomic E-state index is 13.2. The largest absolute Gasteiger partial charge is 0.408 e. The monoisotopic (exact) mass is 346 g/mol. The maximum Gasteiger partial charge on any atom is 0.318 e. The molecule has 3 rings (SSSR count). The van der Waals surface area contributed by atoms with Crippen molar-refractivity contribution in [1.82, 2.24) is 15.1 Å². The lowest BCUT2D eigenvalue weighted by atomic mass is 10.1. The molecule has 0 radical (unpaired) electrons. The number of rotatable bonds is 5. The minimum absolute atomic E-state index is 0.0947. The Morgan fingerprint density at radius 2 is 2.00 bits per heavy atom. The lowest BCUT2D eigenvalue weighted by molar-refractivity contribution is -0.131. The van der Waals surface area contributed by atoms with Crippen LogP contribution >= 0.6 is 0 Å². The summed E-state index contributed by atoms with van der Waals surface area (Å²) in [6, 6.07) is 6.93. The Kier molecular flexibility index (Phi) is 5.31. The smallest absolute Gasteiger partial charge is 0.318 e. The number of amides is 1. The number of piperazine rings is 1. The molecule has 0 bridgehead atoms. The molecule has 6 nitrogen and oxygen atoms in total. The molecular formula is C18H23FN4O2. The molecule has 0 atom stereocenters. The van der Waals surface area contributed by atoms with Gasteiger partial charge in [-0.1, -0.05) is 31.1 Å². The van der Waals surface area contributed by atoms with Crippen LogP contribution in [0.2, 0.25) is 0 Å². The van der Waals surface area contributed by atoms with E-state index in [1.807, 2.05) is 29.7 Å². The van der Waals surface area contributed by atoms with E-state index in [0.717, 1.165) is 5.56 Å². The highest BCUT2D eigenvalue weighted by Gasteiger charge is 2.24. The van der Waals surface area contributed by atoms with Crippen LogP contribution < -0.4 is 4.90 Å². The number of hydrogen-bond donors (Lipinski definition) is 0. The number of aromatic nitrogens is 2. The number of anilines is 1. The van der Waals surface area contributed by atoms with Gasteiger partial charge in [0, 0.05) is 38.5 Å². The van der Waals surface area contributed by atoms with Gasteiger partial charge in [0.15, 0.2) is 0 Å². The van der Waals surface area contributed by atoms with Gasteiger partial charge in [-0.15, -0.1) is 5.10 Å². The third-order valence-corrected chi connectivity index (χ3v) is 4.34. The molecule has 25 heavy (non-hydrogen) atoms. The zero-order valence-corrected chi connectivity index (χ0v) is 14.6. The van der Waals surface area contributed by atoms with E-state index in [0.29, 0.717) is 50.9 Å². The van der Waals surface area contributed by atoms with Gasteiger partial charge in [-0.2, -0.15) is 0 Å². The van der Waals surface area contributed by atoms with Crippen molar-refractivity contribution >= 4 is 11.9 Å². The van der Waals surface area contributed by atoms with E-state index in [9.17, 15) is 9.18 Å². The SMILES string of the molecule is CC(C)c1nnc(N2CCN(C(=O)CCc3cccc(F)c3)CC2)o1. The molecule has 0 saturated carbocycles. The van der Waals surface area contributed by atoms with Crippen LogP contribution in [0, 0.1) is 5.82 Å². The quantitative estimate of drug-likeness (QED) is 0.833. The third-order valence-electron chi connectivity index (χ3n) is 4.34. The van der Waals surface area contributed by atoms with Gasteiger partial charge in [0.2, 0.25) is 11.8 Å². The molecule has 134 valence electrons. The summed E-state index contributed by atoms with van der Waals surface area (Å²) in [5.41, 5.74) is 0.846. The summed E-state index contributed by atoms with van der Waals surface area (Å²) in [5.74, 6) is 0.659. The molecule has 2 heterocycles. The number of aryl methyl sites for hydroxylation is 1. The summed E-state index contributed by atoms with van der Waals surface area (Å²) in [6.07, 6.45) is 0.944. The van der Waals surface area contributed by atoms with Gasteiger partial charge in [0.25, 0.3) is 0 Å². The Morgan fingerprint density at radius 3 is 2.64 bits per heavy atom. The summed E-state index contributed by atoms with van der Waals surface area (Å²) >= 11 is 0. The normalized spacial score (nSPS) is 15.0. The van der Waals surface area contributed by atoms with Crippen molar-refractivity contribution in [3.63, 3.8) is 0 Å².